The van der Waals surface area contributed by atoms with E-state index in [1.807, 2.05) is 0 Å². The van der Waals surface area contributed by atoms with Crippen LogP contribution in [0.3, 0.4) is 0 Å². The van der Waals surface area contributed by atoms with E-state index in [2.05, 4.69) is 25.4 Å². The van der Waals surface area contributed by atoms with Gasteiger partial charge >= 0.3 is 0 Å². The number of rotatable bonds is 4. The van der Waals surface area contributed by atoms with Crippen molar-refractivity contribution in [1.82, 2.24) is 24.7 Å². The zero-order valence-electron chi connectivity index (χ0n) is 20.6. The average molecular weight is 533 g/mol. The summed E-state index contributed by atoms with van der Waals surface area (Å²) in [6.07, 6.45) is 0.954. The monoisotopic (exact) mass is 533 g/mol. The molecule has 3 N–H and O–H groups in total. The largest absolute Gasteiger partial charge is 0.383 e. The van der Waals surface area contributed by atoms with Crippen molar-refractivity contribution in [3.63, 3.8) is 0 Å². The summed E-state index contributed by atoms with van der Waals surface area (Å²) in [6.45, 7) is 3.39. The molecule has 5 aromatic rings. The number of nitrogens with one attached hydrogen (secondary N) is 1. The number of amides is 1. The molecule has 0 aliphatic carbocycles. The van der Waals surface area contributed by atoms with Crippen molar-refractivity contribution in [2.75, 3.05) is 11.1 Å². The van der Waals surface area contributed by atoms with Crippen molar-refractivity contribution in [2.45, 2.75) is 25.7 Å². The van der Waals surface area contributed by atoms with Crippen LogP contribution >= 0.6 is 0 Å². The van der Waals surface area contributed by atoms with Gasteiger partial charge in [-0.05, 0) is 55.8 Å². The Balaban J connectivity index is 1.56. The molecule has 196 valence electrons. The lowest BCUT2D eigenvalue weighted by molar-refractivity contribution is -0.119. The van der Waals surface area contributed by atoms with Crippen molar-refractivity contribution in [3.8, 4) is 17.1 Å². The van der Waals surface area contributed by atoms with Gasteiger partial charge in [-0.15, -0.1) is 0 Å². The molecule has 0 saturated carbocycles. The van der Waals surface area contributed by atoms with Gasteiger partial charge in [0.05, 0.1) is 22.2 Å². The first-order valence-corrected chi connectivity index (χ1v) is 11.8. The minimum atomic E-state index is -1.32. The SMILES string of the molecule is CC1(C)C(=O)Nc2nc(-n3nc(Cc4c(F)ccc(F)c4F)c4cc(-c5ccc(F)nc5)ccc43)nc(N)c21. The summed E-state index contributed by atoms with van der Waals surface area (Å²) in [5.41, 5.74) is 7.08. The van der Waals surface area contributed by atoms with Gasteiger partial charge < -0.3 is 11.1 Å². The van der Waals surface area contributed by atoms with E-state index in [0.717, 1.165) is 6.07 Å². The van der Waals surface area contributed by atoms with Crippen LogP contribution in [0.4, 0.5) is 29.2 Å². The summed E-state index contributed by atoms with van der Waals surface area (Å²) in [5.74, 6) is -4.08. The second kappa shape index (κ2) is 8.58. The number of nitrogen functional groups attached to an aromatic ring is 1. The van der Waals surface area contributed by atoms with Crippen LogP contribution in [-0.4, -0.2) is 30.6 Å². The highest BCUT2D eigenvalue weighted by Crippen LogP contribution is 2.40. The molecule has 3 aromatic heterocycles. The number of hydrogen-bond donors (Lipinski definition) is 2. The summed E-state index contributed by atoms with van der Waals surface area (Å²) in [5, 5.41) is 7.68. The van der Waals surface area contributed by atoms with E-state index < -0.39 is 40.8 Å². The summed E-state index contributed by atoms with van der Waals surface area (Å²) < 4.78 is 57.8. The molecule has 6 rings (SSSR count). The highest BCUT2D eigenvalue weighted by atomic mass is 19.2. The first-order chi connectivity index (χ1) is 18.5. The van der Waals surface area contributed by atoms with Gasteiger partial charge in [-0.25, -0.2) is 18.2 Å². The molecule has 1 aliphatic rings. The molecule has 0 unspecified atom stereocenters. The van der Waals surface area contributed by atoms with Gasteiger partial charge in [0.15, 0.2) is 11.6 Å². The molecule has 0 bridgehead atoms. The molecular formula is C27H19F4N7O. The summed E-state index contributed by atoms with van der Waals surface area (Å²) in [4.78, 5) is 25.0. The smallest absolute Gasteiger partial charge is 0.255 e. The van der Waals surface area contributed by atoms with Crippen molar-refractivity contribution in [3.05, 3.63) is 88.9 Å². The molecule has 12 heteroatoms. The molecule has 39 heavy (non-hydrogen) atoms. The number of nitrogens with zero attached hydrogens (tertiary/aromatic N) is 5. The fourth-order valence-electron chi connectivity index (χ4n) is 4.73. The highest BCUT2D eigenvalue weighted by Gasteiger charge is 2.42. The Morgan fingerprint density at radius 3 is 2.46 bits per heavy atom. The van der Waals surface area contributed by atoms with Crippen LogP contribution in [0.15, 0.2) is 48.7 Å². The molecule has 0 spiro atoms. The van der Waals surface area contributed by atoms with E-state index in [1.54, 1.807) is 32.0 Å². The zero-order valence-corrected chi connectivity index (χ0v) is 20.6. The van der Waals surface area contributed by atoms with Crippen molar-refractivity contribution in [1.29, 1.82) is 0 Å². The van der Waals surface area contributed by atoms with Crippen molar-refractivity contribution >= 4 is 28.4 Å². The highest BCUT2D eigenvalue weighted by molar-refractivity contribution is 6.06. The standard InChI is InChI=1S/C27H19F4N7O/c1-27(2)21-23(32)34-26(36-24(21)35-25(27)39)38-19-7-3-12(13-4-8-20(30)33-11-13)9-15(19)18(37-38)10-14-16(28)5-6-17(29)22(14)31/h3-9,11H,10H2,1-2H3,(H3,32,34,35,36,39). The predicted octanol–water partition coefficient (Wildman–Crippen LogP) is 4.84. The fraction of sp³-hybridized carbons (Fsp3) is 0.148. The van der Waals surface area contributed by atoms with Crippen LogP contribution in [-0.2, 0) is 16.6 Å². The van der Waals surface area contributed by atoms with Crippen molar-refractivity contribution in [2.24, 2.45) is 0 Å². The second-order valence-corrected chi connectivity index (χ2v) is 9.67. The normalized spacial score (nSPS) is 14.1. The lowest BCUT2D eigenvalue weighted by atomic mass is 9.87. The van der Waals surface area contributed by atoms with Crippen LogP contribution in [0.2, 0.25) is 0 Å². The Bertz CT molecular complexity index is 1820. The van der Waals surface area contributed by atoms with Gasteiger partial charge in [-0.3, -0.25) is 4.79 Å². The van der Waals surface area contributed by atoms with Gasteiger partial charge in [0.2, 0.25) is 11.9 Å². The van der Waals surface area contributed by atoms with Gasteiger partial charge in [-0.2, -0.15) is 24.1 Å². The van der Waals surface area contributed by atoms with Gasteiger partial charge in [0.25, 0.3) is 5.95 Å². The average Bonchev–Trinajstić information content (AvgIpc) is 3.37. The van der Waals surface area contributed by atoms with Gasteiger partial charge in [0.1, 0.15) is 17.5 Å². The summed E-state index contributed by atoms with van der Waals surface area (Å²) in [6, 6.07) is 9.40. The Labute approximate surface area is 218 Å². The van der Waals surface area contributed by atoms with Crippen LogP contribution in [0, 0.1) is 23.4 Å². The third kappa shape index (κ3) is 3.87. The van der Waals surface area contributed by atoms with E-state index >= 15 is 0 Å². The van der Waals surface area contributed by atoms with Crippen LogP contribution in [0.5, 0.6) is 0 Å². The third-order valence-corrected chi connectivity index (χ3v) is 6.84. The maximum Gasteiger partial charge on any atom is 0.255 e. The topological polar surface area (TPSA) is 112 Å². The number of nitrogens with two attached hydrogens (primary N) is 1. The Morgan fingerprint density at radius 1 is 0.974 bits per heavy atom. The molecule has 0 fully saturated rings. The minimum absolute atomic E-state index is 0.0110. The molecule has 2 aromatic carbocycles. The summed E-state index contributed by atoms with van der Waals surface area (Å²) >= 11 is 0. The molecule has 1 amide bonds. The maximum absolute atomic E-state index is 14.6. The van der Waals surface area contributed by atoms with Crippen molar-refractivity contribution < 1.29 is 22.4 Å². The molecule has 1 aliphatic heterocycles. The number of hydrogen-bond acceptors (Lipinski definition) is 6. The van der Waals surface area contributed by atoms with Gasteiger partial charge in [-0.1, -0.05) is 6.07 Å². The minimum Gasteiger partial charge on any atom is -0.383 e. The molecule has 0 atom stereocenters. The van der Waals surface area contributed by atoms with E-state index in [1.165, 1.54) is 23.0 Å². The van der Waals surface area contributed by atoms with Crippen LogP contribution < -0.4 is 11.1 Å². The van der Waals surface area contributed by atoms with Crippen LogP contribution in [0.25, 0.3) is 28.0 Å². The predicted molar refractivity (Wildman–Crippen MR) is 135 cm³/mol. The first kappa shape index (κ1) is 24.5. The number of anilines is 2. The third-order valence-electron chi connectivity index (χ3n) is 6.84. The van der Waals surface area contributed by atoms with E-state index in [9.17, 15) is 22.4 Å². The Morgan fingerprint density at radius 2 is 1.72 bits per heavy atom. The Kier molecular flexibility index (Phi) is 5.38. The quantitative estimate of drug-likeness (QED) is 0.194. The molecule has 4 heterocycles. The number of fused-ring (bicyclic) bond motifs is 2. The molecule has 0 radical (unpaired) electrons. The zero-order chi connectivity index (χ0) is 27.6. The number of benzene rings is 2. The number of carbonyl (C=O) groups is 1. The maximum atomic E-state index is 14.6. The first-order valence-electron chi connectivity index (χ1n) is 11.8. The Hall–Kier alpha value is -4.87. The summed E-state index contributed by atoms with van der Waals surface area (Å²) in [7, 11) is 0. The molecular weight excluding hydrogens is 514 g/mol. The van der Waals surface area contributed by atoms with E-state index in [-0.39, 0.29) is 29.2 Å². The van der Waals surface area contributed by atoms with E-state index in [4.69, 9.17) is 5.73 Å². The number of halogens is 4. The van der Waals surface area contributed by atoms with Gasteiger partial charge in [0, 0.05) is 29.1 Å². The van der Waals surface area contributed by atoms with Crippen LogP contribution in [0.1, 0.15) is 30.7 Å². The number of carbonyl (C=O) groups excluding carboxylic acids is 1. The number of pyridine rings is 1. The molecule has 0 saturated heterocycles. The number of aromatic nitrogens is 5. The fourth-order valence-corrected chi connectivity index (χ4v) is 4.73. The molecule has 8 nitrogen and oxygen atoms in total. The lowest BCUT2D eigenvalue weighted by Gasteiger charge is -2.16. The second-order valence-electron chi connectivity index (χ2n) is 9.67. The lowest BCUT2D eigenvalue weighted by Crippen LogP contribution is -2.27. The van der Waals surface area contributed by atoms with E-state index in [0.29, 0.717) is 33.7 Å².